The first-order valence-corrected chi connectivity index (χ1v) is 27.0. The lowest BCUT2D eigenvalue weighted by molar-refractivity contribution is -0.145. The molecule has 2 aromatic carbocycles. The molecule has 2 heterocycles. The molecule has 0 aliphatic carbocycles. The minimum Gasteiger partial charge on any atom is -0.480 e. The smallest absolute Gasteiger partial charge is 0.328 e. The maximum atomic E-state index is 14.5. The lowest BCUT2D eigenvalue weighted by atomic mass is 10.0. The number of carbonyl (C=O) groups excluding carboxylic acids is 11. The summed E-state index contributed by atoms with van der Waals surface area (Å²) in [5.41, 5.74) is 18.3. The predicted molar refractivity (Wildman–Crippen MR) is 296 cm³/mol. The van der Waals surface area contributed by atoms with Crippen LogP contribution in [0.2, 0.25) is 0 Å². The molecule has 11 amide bonds. The molecule has 3 aromatic rings. The van der Waals surface area contributed by atoms with Crippen molar-refractivity contribution in [2.75, 3.05) is 13.1 Å². The normalized spacial score (nSPS) is 17.1. The summed E-state index contributed by atoms with van der Waals surface area (Å²) < 4.78 is 0. The van der Waals surface area contributed by atoms with Gasteiger partial charge in [0.25, 0.3) is 0 Å². The van der Waals surface area contributed by atoms with Gasteiger partial charge in [0, 0.05) is 42.9 Å². The lowest BCUT2D eigenvalue weighted by Gasteiger charge is -2.32. The minimum atomic E-state index is -1.79. The monoisotopic (exact) mass is 1160 g/mol. The molecule has 1 aromatic heterocycles. The van der Waals surface area contributed by atoms with E-state index in [0.29, 0.717) is 22.0 Å². The summed E-state index contributed by atoms with van der Waals surface area (Å²) >= 11 is 0. The Morgan fingerprint density at radius 3 is 1.80 bits per heavy atom. The molecule has 19 N–H and O–H groups in total. The van der Waals surface area contributed by atoms with Crippen LogP contribution in [0.5, 0.6) is 0 Å². The van der Waals surface area contributed by atoms with E-state index < -0.39 is 157 Å². The van der Waals surface area contributed by atoms with Gasteiger partial charge in [-0.25, -0.2) is 4.79 Å². The number of nitrogens with one attached hydrogen (secondary N) is 9. The van der Waals surface area contributed by atoms with Crippen LogP contribution >= 0.6 is 0 Å². The Morgan fingerprint density at radius 2 is 1.19 bits per heavy atom. The highest BCUT2D eigenvalue weighted by molar-refractivity contribution is 6.00. The van der Waals surface area contributed by atoms with Crippen LogP contribution in [0.1, 0.15) is 84.3 Å². The number of carboxylic acids is 1. The number of fused-ring (bicyclic) bond motifs is 1. The molecule has 0 unspecified atom stereocenters. The number of likely N-dealkylation sites (tertiary alicyclic amines) is 1. The number of para-hydroxylation sites is 1. The zero-order valence-electron chi connectivity index (χ0n) is 46.7. The van der Waals surface area contributed by atoms with Crippen LogP contribution in [-0.4, -0.2) is 187 Å². The highest BCUT2D eigenvalue weighted by Crippen LogP contribution is 2.22. The summed E-state index contributed by atoms with van der Waals surface area (Å²) in [5, 5.41) is 61.0. The summed E-state index contributed by atoms with van der Waals surface area (Å²) in [7, 11) is 0. The lowest BCUT2D eigenvalue weighted by Crippen LogP contribution is -2.63. The van der Waals surface area contributed by atoms with Gasteiger partial charge in [0.05, 0.1) is 37.3 Å². The number of amides is 11. The fraction of sp³-hybridized carbons (Fsp3) is 0.519. The highest BCUT2D eigenvalue weighted by atomic mass is 16.4. The van der Waals surface area contributed by atoms with Gasteiger partial charge in [0.15, 0.2) is 6.04 Å². The van der Waals surface area contributed by atoms with E-state index in [4.69, 9.17) is 17.2 Å². The Bertz CT molecular complexity index is 2810. The topological polar surface area (TPSA) is 479 Å². The molecule has 1 aliphatic heterocycles. The third kappa shape index (κ3) is 20.4. The van der Waals surface area contributed by atoms with E-state index >= 15 is 0 Å². The first kappa shape index (κ1) is 67.0. The second-order valence-corrected chi connectivity index (χ2v) is 20.9. The highest BCUT2D eigenvalue weighted by Gasteiger charge is 2.42. The molecule has 29 nitrogen and oxygen atoms in total. The number of aromatic amines is 1. The van der Waals surface area contributed by atoms with Crippen LogP contribution in [0.15, 0.2) is 60.8 Å². The molecule has 4 rings (SSSR count). The summed E-state index contributed by atoms with van der Waals surface area (Å²) in [4.78, 5) is 164. The van der Waals surface area contributed by atoms with Crippen molar-refractivity contribution in [3.63, 3.8) is 0 Å². The van der Waals surface area contributed by atoms with Gasteiger partial charge in [0.1, 0.15) is 42.3 Å². The molecule has 12 atom stereocenters. The van der Waals surface area contributed by atoms with Crippen molar-refractivity contribution >= 4 is 81.9 Å². The van der Waals surface area contributed by atoms with Crippen LogP contribution < -0.4 is 59.7 Å². The van der Waals surface area contributed by atoms with E-state index in [2.05, 4.69) is 47.5 Å². The molecule has 0 saturated carbocycles. The number of nitrogens with zero attached hydrogens (tertiary/aromatic N) is 1. The molecule has 454 valence electrons. The van der Waals surface area contributed by atoms with Crippen molar-refractivity contribution in [2.24, 2.45) is 23.1 Å². The summed E-state index contributed by atoms with van der Waals surface area (Å²) in [6, 6.07) is 1.26. The zero-order chi connectivity index (χ0) is 61.8. The average molecular weight is 1160 g/mol. The van der Waals surface area contributed by atoms with Gasteiger partial charge < -0.3 is 90.0 Å². The number of hydrogen-bond acceptors (Lipinski definition) is 16. The van der Waals surface area contributed by atoms with Crippen LogP contribution in [-0.2, 0) is 70.4 Å². The molecule has 1 aliphatic rings. The van der Waals surface area contributed by atoms with Gasteiger partial charge >= 0.3 is 5.97 Å². The Hall–Kier alpha value is -8.54. The van der Waals surface area contributed by atoms with Crippen LogP contribution in [0.4, 0.5) is 0 Å². The first-order valence-electron chi connectivity index (χ1n) is 27.0. The maximum Gasteiger partial charge on any atom is 0.328 e. The van der Waals surface area contributed by atoms with Crippen molar-refractivity contribution < 1.29 is 78.0 Å². The fourth-order valence-corrected chi connectivity index (χ4v) is 9.10. The zero-order valence-corrected chi connectivity index (χ0v) is 46.7. The number of H-pyrrole nitrogens is 1. The van der Waals surface area contributed by atoms with E-state index in [-0.39, 0.29) is 57.4 Å². The number of carboxylic acid groups (broad SMARTS) is 1. The Balaban J connectivity index is 1.55. The van der Waals surface area contributed by atoms with E-state index in [9.17, 15) is 78.0 Å². The largest absolute Gasteiger partial charge is 0.480 e. The summed E-state index contributed by atoms with van der Waals surface area (Å²) in [5.74, 6) is -12.3. The van der Waals surface area contributed by atoms with E-state index in [1.54, 1.807) is 74.6 Å². The number of rotatable bonds is 32. The van der Waals surface area contributed by atoms with E-state index in [0.717, 1.165) is 11.8 Å². The molecular weight excluding hydrogens is 1090 g/mol. The molecule has 0 bridgehead atoms. The van der Waals surface area contributed by atoms with Crippen LogP contribution in [0, 0.1) is 5.92 Å². The number of benzene rings is 2. The number of aliphatic hydroxyl groups is 3. The second-order valence-electron chi connectivity index (χ2n) is 20.9. The Morgan fingerprint density at radius 1 is 0.627 bits per heavy atom. The minimum absolute atomic E-state index is 0.0165. The van der Waals surface area contributed by atoms with Gasteiger partial charge in [-0.1, -0.05) is 62.4 Å². The van der Waals surface area contributed by atoms with Gasteiger partial charge in [-0.2, -0.15) is 0 Å². The SMILES string of the molecule is CC(C)C[C@H](NC(=O)[C@@H](N)CCC(N)=O)C(=O)N[C@H](C(=O)N[C@@H](Cc1ccccc1)C(=O)N[C@H](C(=O)N1CCC[C@H]1C(=O)N[C@@H](CC(N)=O)C(=O)N[C@@H](Cc1c[nH]c2ccccc12)C(=O)NCC(=O)N[C@H](C(=O)O)[C@@H](C)O)[C@@H](C)O)[C@@H](C)O. The third-order valence-electron chi connectivity index (χ3n) is 13.5. The Kier molecular flexibility index (Phi) is 25.5. The average Bonchev–Trinajstić information content (AvgIpc) is 4.35. The van der Waals surface area contributed by atoms with Crippen molar-refractivity contribution in [3.8, 4) is 0 Å². The molecule has 0 radical (unpaired) electrons. The fourth-order valence-electron chi connectivity index (χ4n) is 9.10. The number of hydrogen-bond donors (Lipinski definition) is 16. The summed E-state index contributed by atoms with van der Waals surface area (Å²) in [6.45, 7) is 6.11. The molecule has 0 spiro atoms. The maximum absolute atomic E-state index is 14.5. The van der Waals surface area contributed by atoms with Crippen LogP contribution in [0.3, 0.4) is 0 Å². The van der Waals surface area contributed by atoms with Gasteiger partial charge in [0.2, 0.25) is 65.0 Å². The standard InChI is InChI=1S/C54H77N13O16/c1-26(2)20-35(60-46(74)33(55)17-18-40(56)71)49(77)65-43(27(3)68)52(80)63-36(21-30-12-7-6-8-13-30)50(78)66-44(28(4)69)53(81)67-19-11-16-39(67)51(79)62-38(23-41(57)72)48(76)61-37(22-31-24-58-34-15-10-9-14-32(31)34)47(75)59-25-42(73)64-45(29(5)70)54(82)83/h6-10,12-15,24,26-29,33,35-39,43-45,58,68-70H,11,16-23,25,55H2,1-5H3,(H2,56,71)(H2,57,72)(H,59,75)(H,60,74)(H,61,76)(H,62,79)(H,63,80)(H,64,73)(H,65,77)(H,66,78)(H,82,83)/t27-,28-,29-,33+,35+,36+,37+,38+,39+,43+,44+,45+/m1/s1. The van der Waals surface area contributed by atoms with Crippen molar-refractivity contribution in [1.82, 2.24) is 52.4 Å². The number of carbonyl (C=O) groups is 12. The molecule has 1 fully saturated rings. The predicted octanol–water partition coefficient (Wildman–Crippen LogP) is -4.80. The molecule has 1 saturated heterocycles. The van der Waals surface area contributed by atoms with Crippen molar-refractivity contribution in [2.45, 2.75) is 159 Å². The number of primary amides is 2. The van der Waals surface area contributed by atoms with Gasteiger partial charge in [-0.05, 0) is 69.6 Å². The summed E-state index contributed by atoms with van der Waals surface area (Å²) in [6.07, 6.45) is -4.54. The number of aliphatic hydroxyl groups excluding tert-OH is 3. The molecule has 29 heteroatoms. The quantitative estimate of drug-likeness (QED) is 0.0279. The number of nitrogens with two attached hydrogens (primary N) is 3. The number of aliphatic carboxylic acids is 1. The van der Waals surface area contributed by atoms with Crippen molar-refractivity contribution in [3.05, 3.63) is 71.9 Å². The van der Waals surface area contributed by atoms with Crippen LogP contribution in [0.25, 0.3) is 10.9 Å². The molecule has 83 heavy (non-hydrogen) atoms. The van der Waals surface area contributed by atoms with E-state index in [1.807, 2.05) is 0 Å². The second kappa shape index (κ2) is 31.6. The number of aromatic nitrogens is 1. The molecular formula is C54H77N13O16. The van der Waals surface area contributed by atoms with Gasteiger partial charge in [-0.15, -0.1) is 0 Å². The Labute approximate surface area is 477 Å². The third-order valence-corrected chi connectivity index (χ3v) is 13.5. The van der Waals surface area contributed by atoms with Crippen molar-refractivity contribution in [1.29, 1.82) is 0 Å². The van der Waals surface area contributed by atoms with Gasteiger partial charge in [-0.3, -0.25) is 52.7 Å². The first-order chi connectivity index (χ1) is 39.1. The van der Waals surface area contributed by atoms with E-state index in [1.165, 1.54) is 13.8 Å².